The quantitative estimate of drug-likeness (QED) is 0.429. The number of amides is 1. The summed E-state index contributed by atoms with van der Waals surface area (Å²) in [5, 5.41) is 5.72. The first-order valence-electron chi connectivity index (χ1n) is 13.2. The SMILES string of the molecule is CCN1CCN(Cc2ccc(NC(=O)c3cccc(Oc4ncnc5c4OCCN5)c3C)cc2C(F)(F)F)CC1. The average Bonchev–Trinajstić information content (AvgIpc) is 2.95. The number of benzene rings is 2. The smallest absolute Gasteiger partial charge is 0.416 e. The summed E-state index contributed by atoms with van der Waals surface area (Å²) < 4.78 is 53.7. The van der Waals surface area contributed by atoms with E-state index in [1.807, 2.05) is 4.90 Å². The molecule has 212 valence electrons. The zero-order valence-electron chi connectivity index (χ0n) is 22.3. The van der Waals surface area contributed by atoms with Gasteiger partial charge in [0.2, 0.25) is 5.75 Å². The first-order chi connectivity index (χ1) is 19.2. The third-order valence-corrected chi connectivity index (χ3v) is 7.13. The van der Waals surface area contributed by atoms with Crippen LogP contribution < -0.4 is 20.1 Å². The van der Waals surface area contributed by atoms with Gasteiger partial charge in [0.25, 0.3) is 11.8 Å². The lowest BCUT2D eigenvalue weighted by Gasteiger charge is -2.34. The molecule has 1 fully saturated rings. The van der Waals surface area contributed by atoms with Gasteiger partial charge < -0.3 is 25.0 Å². The molecule has 0 unspecified atom stereocenters. The zero-order chi connectivity index (χ0) is 28.3. The number of aromatic nitrogens is 2. The molecular weight excluding hydrogens is 525 g/mol. The van der Waals surface area contributed by atoms with Gasteiger partial charge in [-0.15, -0.1) is 0 Å². The minimum absolute atomic E-state index is 0.0620. The Morgan fingerprint density at radius 2 is 1.90 bits per heavy atom. The molecule has 0 saturated carbocycles. The van der Waals surface area contributed by atoms with Crippen LogP contribution in [0.4, 0.5) is 24.7 Å². The minimum Gasteiger partial charge on any atom is -0.483 e. The highest BCUT2D eigenvalue weighted by molar-refractivity contribution is 6.05. The first-order valence-corrected chi connectivity index (χ1v) is 13.2. The Morgan fingerprint density at radius 1 is 1.12 bits per heavy atom. The topological polar surface area (TPSA) is 91.9 Å². The summed E-state index contributed by atoms with van der Waals surface area (Å²) in [5.41, 5.74) is 0.249. The number of nitrogens with one attached hydrogen (secondary N) is 2. The number of nitrogens with zero attached hydrogens (tertiary/aromatic N) is 4. The van der Waals surface area contributed by atoms with E-state index >= 15 is 0 Å². The number of alkyl halides is 3. The van der Waals surface area contributed by atoms with Crippen LogP contribution in [0.2, 0.25) is 0 Å². The maximum atomic E-state index is 14.0. The van der Waals surface area contributed by atoms with E-state index in [-0.39, 0.29) is 29.2 Å². The van der Waals surface area contributed by atoms with Crippen molar-refractivity contribution in [3.63, 3.8) is 0 Å². The highest BCUT2D eigenvalue weighted by Crippen LogP contribution is 2.38. The lowest BCUT2D eigenvalue weighted by atomic mass is 10.0. The summed E-state index contributed by atoms with van der Waals surface area (Å²) in [6.45, 7) is 9.01. The maximum absolute atomic E-state index is 14.0. The molecule has 1 saturated heterocycles. The van der Waals surface area contributed by atoms with Gasteiger partial charge in [0.05, 0.1) is 12.1 Å². The molecule has 2 aromatic carbocycles. The molecule has 2 aliphatic rings. The Hall–Kier alpha value is -3.90. The number of fused-ring (bicyclic) bond motifs is 1. The fourth-order valence-electron chi connectivity index (χ4n) is 4.84. The summed E-state index contributed by atoms with van der Waals surface area (Å²) in [4.78, 5) is 25.8. The molecule has 5 rings (SSSR count). The number of halogens is 3. The van der Waals surface area contributed by atoms with E-state index < -0.39 is 17.6 Å². The molecule has 2 N–H and O–H groups in total. The molecule has 0 spiro atoms. The van der Waals surface area contributed by atoms with Crippen molar-refractivity contribution in [2.75, 3.05) is 56.5 Å². The monoisotopic (exact) mass is 556 g/mol. The fraction of sp³-hybridized carbons (Fsp3) is 0.393. The van der Waals surface area contributed by atoms with Crippen LogP contribution in [0.3, 0.4) is 0 Å². The number of likely N-dealkylation sites (N-methyl/N-ethyl adjacent to an activating group) is 1. The lowest BCUT2D eigenvalue weighted by Crippen LogP contribution is -2.45. The van der Waals surface area contributed by atoms with Crippen LogP contribution in [0, 0.1) is 6.92 Å². The van der Waals surface area contributed by atoms with E-state index in [0.29, 0.717) is 49.1 Å². The van der Waals surface area contributed by atoms with Crippen LogP contribution in [0.25, 0.3) is 0 Å². The second-order valence-electron chi connectivity index (χ2n) is 9.70. The molecule has 0 atom stereocenters. The normalized spacial score (nSPS) is 16.0. The first kappa shape index (κ1) is 27.7. The van der Waals surface area contributed by atoms with E-state index in [1.54, 1.807) is 25.1 Å². The van der Waals surface area contributed by atoms with Crippen molar-refractivity contribution in [2.45, 2.75) is 26.6 Å². The number of hydrogen-bond donors (Lipinski definition) is 2. The Balaban J connectivity index is 1.33. The van der Waals surface area contributed by atoms with Crippen molar-refractivity contribution in [3.05, 3.63) is 65.0 Å². The van der Waals surface area contributed by atoms with Gasteiger partial charge >= 0.3 is 6.18 Å². The molecule has 3 aromatic rings. The van der Waals surface area contributed by atoms with Crippen LogP contribution in [0.1, 0.15) is 34.0 Å². The lowest BCUT2D eigenvalue weighted by molar-refractivity contribution is -0.138. The maximum Gasteiger partial charge on any atom is 0.416 e. The largest absolute Gasteiger partial charge is 0.483 e. The minimum atomic E-state index is -4.56. The number of carbonyl (C=O) groups is 1. The third-order valence-electron chi connectivity index (χ3n) is 7.13. The molecule has 0 radical (unpaired) electrons. The van der Waals surface area contributed by atoms with E-state index in [1.165, 1.54) is 18.5 Å². The van der Waals surface area contributed by atoms with Crippen LogP contribution in [0.5, 0.6) is 17.4 Å². The van der Waals surface area contributed by atoms with Crippen LogP contribution in [-0.4, -0.2) is 71.6 Å². The Kier molecular flexibility index (Phi) is 8.08. The highest BCUT2D eigenvalue weighted by Gasteiger charge is 2.34. The van der Waals surface area contributed by atoms with E-state index in [2.05, 4.69) is 32.4 Å². The van der Waals surface area contributed by atoms with E-state index in [0.717, 1.165) is 25.7 Å². The second-order valence-corrected chi connectivity index (χ2v) is 9.70. The van der Waals surface area contributed by atoms with Gasteiger partial charge in [-0.05, 0) is 43.3 Å². The summed E-state index contributed by atoms with van der Waals surface area (Å²) >= 11 is 0. The predicted octanol–water partition coefficient (Wildman–Crippen LogP) is 4.79. The third kappa shape index (κ3) is 6.13. The van der Waals surface area contributed by atoms with Crippen molar-refractivity contribution in [2.24, 2.45) is 0 Å². The van der Waals surface area contributed by atoms with Crippen LogP contribution in [-0.2, 0) is 12.7 Å². The van der Waals surface area contributed by atoms with Gasteiger partial charge in [0, 0.05) is 49.5 Å². The van der Waals surface area contributed by atoms with E-state index in [9.17, 15) is 18.0 Å². The van der Waals surface area contributed by atoms with Gasteiger partial charge in [-0.1, -0.05) is 19.1 Å². The molecule has 3 heterocycles. The summed E-state index contributed by atoms with van der Waals surface area (Å²) in [7, 11) is 0. The number of rotatable bonds is 7. The van der Waals surface area contributed by atoms with Crippen molar-refractivity contribution >= 4 is 17.4 Å². The van der Waals surface area contributed by atoms with Crippen molar-refractivity contribution in [3.8, 4) is 17.4 Å². The number of piperazine rings is 1. The second kappa shape index (κ2) is 11.7. The number of carbonyl (C=O) groups excluding carboxylic acids is 1. The number of ether oxygens (including phenoxy) is 2. The number of hydrogen-bond acceptors (Lipinski definition) is 8. The predicted molar refractivity (Wildman–Crippen MR) is 144 cm³/mol. The van der Waals surface area contributed by atoms with Gasteiger partial charge in [-0.2, -0.15) is 18.2 Å². The van der Waals surface area contributed by atoms with Gasteiger partial charge in [0.1, 0.15) is 18.7 Å². The summed E-state index contributed by atoms with van der Waals surface area (Å²) in [6.07, 6.45) is -3.21. The van der Waals surface area contributed by atoms with Crippen molar-refractivity contribution in [1.82, 2.24) is 19.8 Å². The molecule has 40 heavy (non-hydrogen) atoms. The molecule has 12 heteroatoms. The van der Waals surface area contributed by atoms with Gasteiger partial charge in [-0.3, -0.25) is 9.69 Å². The van der Waals surface area contributed by atoms with Gasteiger partial charge in [0.15, 0.2) is 5.82 Å². The van der Waals surface area contributed by atoms with Crippen molar-refractivity contribution < 1.29 is 27.4 Å². The summed E-state index contributed by atoms with van der Waals surface area (Å²) in [5.74, 6) is 0.878. The Morgan fingerprint density at radius 3 is 2.65 bits per heavy atom. The molecule has 2 aliphatic heterocycles. The number of anilines is 2. The van der Waals surface area contributed by atoms with Crippen LogP contribution >= 0.6 is 0 Å². The van der Waals surface area contributed by atoms with Crippen molar-refractivity contribution in [1.29, 1.82) is 0 Å². The molecule has 0 aliphatic carbocycles. The fourth-order valence-corrected chi connectivity index (χ4v) is 4.84. The zero-order valence-corrected chi connectivity index (χ0v) is 22.3. The summed E-state index contributed by atoms with van der Waals surface area (Å²) in [6, 6.07) is 8.85. The molecular formula is C28H31F3N6O3. The standard InChI is InChI=1S/C28H31F3N6O3/c1-3-36-10-12-37(13-11-36)16-19-7-8-20(15-22(19)28(29,30)31)35-26(38)21-5-4-6-23(18(21)2)40-27-24-25(33-17-34-27)32-9-14-39-24/h4-8,15,17H,3,9-14,16H2,1-2H3,(H,35,38)(H,32,33,34). The Labute approximate surface area is 230 Å². The average molecular weight is 557 g/mol. The molecule has 1 amide bonds. The molecule has 9 nitrogen and oxygen atoms in total. The van der Waals surface area contributed by atoms with Crippen LogP contribution in [0.15, 0.2) is 42.7 Å². The van der Waals surface area contributed by atoms with E-state index in [4.69, 9.17) is 9.47 Å². The Bertz CT molecular complexity index is 1380. The highest BCUT2D eigenvalue weighted by atomic mass is 19.4. The van der Waals surface area contributed by atoms with Gasteiger partial charge in [-0.25, -0.2) is 4.98 Å². The molecule has 0 bridgehead atoms. The molecule has 1 aromatic heterocycles.